The quantitative estimate of drug-likeness (QED) is 0.817. The smallest absolute Gasteiger partial charge is 0.0922 e. The summed E-state index contributed by atoms with van der Waals surface area (Å²) in [6.45, 7) is 0.278. The van der Waals surface area contributed by atoms with Gasteiger partial charge in [-0.15, -0.1) is 12.4 Å². The Morgan fingerprint density at radius 1 is 1.42 bits per heavy atom. The van der Waals surface area contributed by atoms with Gasteiger partial charge >= 0.3 is 0 Å². The zero-order valence-corrected chi connectivity index (χ0v) is 9.38. The topological polar surface area (TPSA) is 46.2 Å². The molecule has 0 aliphatic carbocycles. The summed E-state index contributed by atoms with van der Waals surface area (Å²) in [6.07, 6.45) is -0.525. The molecule has 1 atom stereocenters. The number of aliphatic hydroxyl groups excluding tert-OH is 1. The van der Waals surface area contributed by atoms with Crippen molar-refractivity contribution < 1.29 is 5.11 Å². The van der Waals surface area contributed by atoms with Crippen molar-refractivity contribution in [3.05, 3.63) is 33.4 Å². The number of aliphatic hydroxyl groups is 1. The monoisotopic (exact) mass is 299 g/mol. The molecule has 0 fully saturated rings. The Hall–Kier alpha value is 0.160. The molecule has 1 aromatic rings. The highest BCUT2D eigenvalue weighted by atomic mass is 127. The van der Waals surface area contributed by atoms with Crippen LogP contribution in [0.3, 0.4) is 0 Å². The van der Waals surface area contributed by atoms with Crippen LogP contribution in [0, 0.1) is 3.57 Å². The predicted octanol–water partition coefficient (Wildman–Crippen LogP) is 1.71. The summed E-state index contributed by atoms with van der Waals surface area (Å²) in [4.78, 5) is 0. The van der Waals surface area contributed by atoms with Gasteiger partial charge in [-0.3, -0.25) is 0 Å². The lowest BCUT2D eigenvalue weighted by atomic mass is 10.1. The van der Waals surface area contributed by atoms with Crippen molar-refractivity contribution in [2.24, 2.45) is 5.73 Å². The summed E-state index contributed by atoms with van der Waals surface area (Å²) < 4.78 is 1.06. The van der Waals surface area contributed by atoms with E-state index >= 15 is 0 Å². The Balaban J connectivity index is 0.00000121. The Bertz CT molecular complexity index is 244. The molecule has 0 aromatic heterocycles. The molecule has 0 radical (unpaired) electrons. The van der Waals surface area contributed by atoms with Gasteiger partial charge in [0.05, 0.1) is 6.10 Å². The maximum absolute atomic E-state index is 9.38. The van der Waals surface area contributed by atoms with Crippen LogP contribution in [0.1, 0.15) is 11.7 Å². The lowest BCUT2D eigenvalue weighted by molar-refractivity contribution is 0.186. The first-order valence-corrected chi connectivity index (χ1v) is 4.46. The number of benzene rings is 1. The van der Waals surface area contributed by atoms with Crippen LogP contribution in [-0.4, -0.2) is 11.7 Å². The minimum Gasteiger partial charge on any atom is -0.387 e. The van der Waals surface area contributed by atoms with Crippen LogP contribution in [-0.2, 0) is 0 Å². The third-order valence-electron chi connectivity index (χ3n) is 1.49. The Morgan fingerprint density at radius 2 is 2.00 bits per heavy atom. The maximum Gasteiger partial charge on any atom is 0.0922 e. The van der Waals surface area contributed by atoms with Crippen molar-refractivity contribution in [2.45, 2.75) is 6.10 Å². The first-order chi connectivity index (χ1) is 5.25. The zero-order chi connectivity index (χ0) is 8.27. The molecule has 1 aromatic carbocycles. The van der Waals surface area contributed by atoms with Gasteiger partial charge in [-0.1, -0.05) is 18.2 Å². The van der Waals surface area contributed by atoms with Gasteiger partial charge in [-0.05, 0) is 34.2 Å². The van der Waals surface area contributed by atoms with Gasteiger partial charge in [0, 0.05) is 10.1 Å². The van der Waals surface area contributed by atoms with Gasteiger partial charge in [0.1, 0.15) is 0 Å². The second-order valence-electron chi connectivity index (χ2n) is 2.27. The van der Waals surface area contributed by atoms with E-state index < -0.39 is 6.10 Å². The second-order valence-corrected chi connectivity index (χ2v) is 3.44. The maximum atomic E-state index is 9.38. The van der Waals surface area contributed by atoms with Crippen molar-refractivity contribution >= 4 is 35.0 Å². The van der Waals surface area contributed by atoms with Crippen LogP contribution >= 0.6 is 35.0 Å². The summed E-state index contributed by atoms with van der Waals surface area (Å²) >= 11 is 2.18. The number of hydrogen-bond acceptors (Lipinski definition) is 2. The average molecular weight is 300 g/mol. The van der Waals surface area contributed by atoms with Gasteiger partial charge in [-0.2, -0.15) is 0 Å². The molecule has 0 spiro atoms. The molecule has 68 valence electrons. The fourth-order valence-electron chi connectivity index (χ4n) is 0.872. The van der Waals surface area contributed by atoms with Gasteiger partial charge in [0.25, 0.3) is 0 Å². The number of rotatable bonds is 2. The van der Waals surface area contributed by atoms with Crippen LogP contribution in [0.2, 0.25) is 0 Å². The van der Waals surface area contributed by atoms with Gasteiger partial charge < -0.3 is 10.8 Å². The normalized spacial score (nSPS) is 11.9. The van der Waals surface area contributed by atoms with E-state index in [0.717, 1.165) is 9.13 Å². The first kappa shape index (κ1) is 12.2. The van der Waals surface area contributed by atoms with Crippen molar-refractivity contribution in [1.82, 2.24) is 0 Å². The predicted molar refractivity (Wildman–Crippen MR) is 60.4 cm³/mol. The largest absolute Gasteiger partial charge is 0.387 e. The Morgan fingerprint density at radius 3 is 2.50 bits per heavy atom. The molecule has 0 amide bonds. The van der Waals surface area contributed by atoms with Gasteiger partial charge in [0.15, 0.2) is 0 Å². The fourth-order valence-corrected chi connectivity index (χ4v) is 1.62. The molecule has 3 N–H and O–H groups in total. The molecular weight excluding hydrogens is 288 g/mol. The van der Waals surface area contributed by atoms with E-state index in [0.29, 0.717) is 0 Å². The summed E-state index contributed by atoms with van der Waals surface area (Å²) in [5, 5.41) is 9.38. The first-order valence-electron chi connectivity index (χ1n) is 3.38. The van der Waals surface area contributed by atoms with E-state index in [1.807, 2.05) is 24.3 Å². The molecule has 0 aliphatic heterocycles. The number of hydrogen-bond donors (Lipinski definition) is 2. The fraction of sp³-hybridized carbons (Fsp3) is 0.250. The molecule has 1 unspecified atom stereocenters. The summed E-state index contributed by atoms with van der Waals surface area (Å²) in [5.74, 6) is 0. The van der Waals surface area contributed by atoms with Gasteiger partial charge in [0.2, 0.25) is 0 Å². The highest BCUT2D eigenvalue weighted by Gasteiger charge is 2.06. The molecule has 0 heterocycles. The summed E-state index contributed by atoms with van der Waals surface area (Å²) in [5.41, 5.74) is 6.23. The van der Waals surface area contributed by atoms with Crippen LogP contribution in [0.4, 0.5) is 0 Å². The molecule has 2 nitrogen and oxygen atoms in total. The zero-order valence-electron chi connectivity index (χ0n) is 6.40. The number of halogens is 2. The standard InChI is InChI=1S/C8H10INO.ClH/c9-7-4-2-1-3-6(7)8(11)5-10;/h1-4,8,11H,5,10H2;1H. The minimum atomic E-state index is -0.525. The van der Waals surface area contributed by atoms with Crippen LogP contribution in [0.15, 0.2) is 24.3 Å². The lowest BCUT2D eigenvalue weighted by Gasteiger charge is -2.09. The van der Waals surface area contributed by atoms with Crippen LogP contribution < -0.4 is 5.73 Å². The molecular formula is C8H11ClINO. The summed E-state index contributed by atoms with van der Waals surface area (Å²) in [6, 6.07) is 7.68. The van der Waals surface area contributed by atoms with E-state index in [2.05, 4.69) is 22.6 Å². The van der Waals surface area contributed by atoms with Crippen LogP contribution in [0.25, 0.3) is 0 Å². The second kappa shape index (κ2) is 5.75. The van der Waals surface area contributed by atoms with E-state index in [1.54, 1.807) is 0 Å². The van der Waals surface area contributed by atoms with Gasteiger partial charge in [-0.25, -0.2) is 0 Å². The highest BCUT2D eigenvalue weighted by molar-refractivity contribution is 14.1. The van der Waals surface area contributed by atoms with E-state index in [-0.39, 0.29) is 19.0 Å². The lowest BCUT2D eigenvalue weighted by Crippen LogP contribution is -2.12. The highest BCUT2D eigenvalue weighted by Crippen LogP contribution is 2.18. The summed E-state index contributed by atoms with van der Waals surface area (Å²) in [7, 11) is 0. The molecule has 0 saturated heterocycles. The van der Waals surface area contributed by atoms with E-state index in [4.69, 9.17) is 5.73 Å². The Kier molecular flexibility index (Phi) is 5.82. The number of nitrogens with two attached hydrogens (primary N) is 1. The molecule has 1 rings (SSSR count). The molecule has 0 saturated carbocycles. The SMILES string of the molecule is Cl.NCC(O)c1ccccc1I. The Labute approximate surface area is 91.7 Å². The molecule has 12 heavy (non-hydrogen) atoms. The minimum absolute atomic E-state index is 0. The van der Waals surface area contributed by atoms with Crippen molar-refractivity contribution in [1.29, 1.82) is 0 Å². The van der Waals surface area contributed by atoms with E-state index in [9.17, 15) is 5.11 Å². The molecule has 0 bridgehead atoms. The van der Waals surface area contributed by atoms with Crippen LogP contribution in [0.5, 0.6) is 0 Å². The average Bonchev–Trinajstić information content (AvgIpc) is 2.04. The molecule has 0 aliphatic rings. The van der Waals surface area contributed by atoms with E-state index in [1.165, 1.54) is 0 Å². The van der Waals surface area contributed by atoms with Crippen molar-refractivity contribution in [2.75, 3.05) is 6.54 Å². The van der Waals surface area contributed by atoms with Crippen molar-refractivity contribution in [3.8, 4) is 0 Å². The molecule has 4 heteroatoms. The van der Waals surface area contributed by atoms with Crippen molar-refractivity contribution in [3.63, 3.8) is 0 Å². The third-order valence-corrected chi connectivity index (χ3v) is 2.47. The third kappa shape index (κ3) is 2.90.